The molecule has 0 spiro atoms. The molecule has 0 saturated heterocycles. The van der Waals surface area contributed by atoms with Gasteiger partial charge in [0.15, 0.2) is 0 Å². The summed E-state index contributed by atoms with van der Waals surface area (Å²) in [5.41, 5.74) is 19.1. The summed E-state index contributed by atoms with van der Waals surface area (Å²) in [7, 11) is 0. The Labute approximate surface area is 360 Å². The maximum atomic E-state index is 4.18. The average molecular weight is 790 g/mol. The standard InChI is InChI=1S/C59H39N3/c1-2-8-50(9-3-1)61-56-12-6-4-10-52(56)54-38-48(28-32-58(54)61)45-22-18-42(19-23-45)40-14-16-41(17-15-40)43-20-24-46(25-21-43)49-29-33-59-55(39-49)53-11-5-7-13-57(53)62(59)51-30-26-44(27-31-51)47-34-36-60-37-35-47/h1-39H. The van der Waals surface area contributed by atoms with Crippen molar-refractivity contribution in [3.8, 4) is 67.0 Å². The van der Waals surface area contributed by atoms with E-state index in [2.05, 4.69) is 239 Å². The van der Waals surface area contributed by atoms with Crippen LogP contribution in [-0.2, 0) is 0 Å². The van der Waals surface area contributed by atoms with Gasteiger partial charge in [0.1, 0.15) is 0 Å². The van der Waals surface area contributed by atoms with Gasteiger partial charge in [0.2, 0.25) is 0 Å². The van der Waals surface area contributed by atoms with Crippen LogP contribution in [0.4, 0.5) is 0 Å². The van der Waals surface area contributed by atoms with Crippen molar-refractivity contribution in [2.75, 3.05) is 0 Å². The fraction of sp³-hybridized carbons (Fsp3) is 0. The molecule has 62 heavy (non-hydrogen) atoms. The normalized spacial score (nSPS) is 11.5. The zero-order valence-electron chi connectivity index (χ0n) is 33.9. The number of aromatic nitrogens is 3. The van der Waals surface area contributed by atoms with Gasteiger partial charge >= 0.3 is 0 Å². The van der Waals surface area contributed by atoms with Crippen LogP contribution < -0.4 is 0 Å². The molecule has 12 aromatic rings. The Balaban J connectivity index is 0.790. The highest BCUT2D eigenvalue weighted by Gasteiger charge is 2.15. The molecule has 0 N–H and O–H groups in total. The van der Waals surface area contributed by atoms with Gasteiger partial charge in [-0.15, -0.1) is 0 Å². The molecular formula is C59H39N3. The molecule has 3 nitrogen and oxygen atoms in total. The Morgan fingerprint density at radius 1 is 0.226 bits per heavy atom. The first-order chi connectivity index (χ1) is 30.7. The SMILES string of the molecule is c1ccc(-n2c3ccccc3c3cc(-c4ccc(-c5ccc(-c6ccc(-c7ccc8c(c7)c7ccccc7n8-c7ccc(-c8ccncc8)cc7)cc6)cc5)cc4)ccc32)cc1. The lowest BCUT2D eigenvalue weighted by molar-refractivity contribution is 1.18. The zero-order valence-corrected chi connectivity index (χ0v) is 33.9. The van der Waals surface area contributed by atoms with Gasteiger partial charge in [-0.25, -0.2) is 0 Å². The largest absolute Gasteiger partial charge is 0.309 e. The van der Waals surface area contributed by atoms with Crippen LogP contribution in [0.5, 0.6) is 0 Å². The topological polar surface area (TPSA) is 22.8 Å². The first-order valence-electron chi connectivity index (χ1n) is 21.2. The van der Waals surface area contributed by atoms with Crippen molar-refractivity contribution in [2.45, 2.75) is 0 Å². The fourth-order valence-corrected chi connectivity index (χ4v) is 9.35. The van der Waals surface area contributed by atoms with E-state index in [0.29, 0.717) is 0 Å². The van der Waals surface area contributed by atoms with Crippen molar-refractivity contribution in [3.05, 3.63) is 237 Å². The number of para-hydroxylation sites is 3. The molecule has 0 amide bonds. The monoisotopic (exact) mass is 789 g/mol. The summed E-state index contributed by atoms with van der Waals surface area (Å²) < 4.78 is 4.74. The predicted octanol–water partition coefficient (Wildman–Crippen LogP) is 15.6. The van der Waals surface area contributed by atoms with Crippen LogP contribution in [0.2, 0.25) is 0 Å². The summed E-state index contributed by atoms with van der Waals surface area (Å²) in [6, 6.07) is 81.6. The minimum atomic E-state index is 1.15. The molecular weight excluding hydrogens is 751 g/mol. The Bertz CT molecular complexity index is 3560. The van der Waals surface area contributed by atoms with Crippen LogP contribution in [0.1, 0.15) is 0 Å². The lowest BCUT2D eigenvalue weighted by atomic mass is 9.96. The van der Waals surface area contributed by atoms with E-state index in [1.165, 1.54) is 99.4 Å². The average Bonchev–Trinajstić information content (AvgIpc) is 3.87. The van der Waals surface area contributed by atoms with Crippen molar-refractivity contribution >= 4 is 43.6 Å². The second kappa shape index (κ2) is 14.8. The van der Waals surface area contributed by atoms with Gasteiger partial charge in [-0.2, -0.15) is 0 Å². The maximum Gasteiger partial charge on any atom is 0.0541 e. The molecule has 0 saturated carbocycles. The number of nitrogens with zero attached hydrogens (tertiary/aromatic N) is 3. The number of fused-ring (bicyclic) bond motifs is 6. The summed E-state index contributed by atoms with van der Waals surface area (Å²) >= 11 is 0. The van der Waals surface area contributed by atoms with Crippen LogP contribution >= 0.6 is 0 Å². The number of hydrogen-bond donors (Lipinski definition) is 0. The third-order valence-corrected chi connectivity index (χ3v) is 12.5. The molecule has 0 atom stereocenters. The van der Waals surface area contributed by atoms with Gasteiger partial charge < -0.3 is 9.13 Å². The van der Waals surface area contributed by atoms with Crippen molar-refractivity contribution < 1.29 is 0 Å². The quantitative estimate of drug-likeness (QED) is 0.158. The molecule has 0 unspecified atom stereocenters. The minimum absolute atomic E-state index is 1.15. The minimum Gasteiger partial charge on any atom is -0.309 e. The molecule has 0 aliphatic carbocycles. The van der Waals surface area contributed by atoms with Gasteiger partial charge in [0.05, 0.1) is 22.1 Å². The highest BCUT2D eigenvalue weighted by atomic mass is 15.0. The molecule has 3 aromatic heterocycles. The van der Waals surface area contributed by atoms with E-state index in [9.17, 15) is 0 Å². The Kier molecular flexibility index (Phi) is 8.50. The Morgan fingerprint density at radius 3 is 0.968 bits per heavy atom. The van der Waals surface area contributed by atoms with E-state index in [-0.39, 0.29) is 0 Å². The molecule has 0 aliphatic rings. The first kappa shape index (κ1) is 35.7. The summed E-state index contributed by atoms with van der Waals surface area (Å²) in [5, 5.41) is 5.03. The maximum absolute atomic E-state index is 4.18. The Morgan fingerprint density at radius 2 is 0.532 bits per heavy atom. The third kappa shape index (κ3) is 6.10. The van der Waals surface area contributed by atoms with Crippen LogP contribution in [-0.4, -0.2) is 14.1 Å². The van der Waals surface area contributed by atoms with Crippen molar-refractivity contribution in [2.24, 2.45) is 0 Å². The molecule has 0 aliphatic heterocycles. The van der Waals surface area contributed by atoms with E-state index in [0.717, 1.165) is 11.3 Å². The van der Waals surface area contributed by atoms with E-state index >= 15 is 0 Å². The number of hydrogen-bond acceptors (Lipinski definition) is 1. The molecule has 3 heteroatoms. The summed E-state index contributed by atoms with van der Waals surface area (Å²) in [6.45, 7) is 0. The van der Waals surface area contributed by atoms with E-state index in [1.54, 1.807) is 0 Å². The number of pyridine rings is 1. The fourth-order valence-electron chi connectivity index (χ4n) is 9.35. The molecule has 0 bridgehead atoms. The van der Waals surface area contributed by atoms with Gasteiger partial charge in [-0.1, -0.05) is 152 Å². The number of rotatable bonds is 7. The van der Waals surface area contributed by atoms with E-state index in [1.807, 2.05) is 12.4 Å². The van der Waals surface area contributed by atoms with Gasteiger partial charge in [0.25, 0.3) is 0 Å². The smallest absolute Gasteiger partial charge is 0.0541 e. The summed E-state index contributed by atoms with van der Waals surface area (Å²) in [6.07, 6.45) is 3.68. The molecule has 0 fully saturated rings. The summed E-state index contributed by atoms with van der Waals surface area (Å²) in [5.74, 6) is 0. The highest BCUT2D eigenvalue weighted by molar-refractivity contribution is 6.11. The van der Waals surface area contributed by atoms with Crippen molar-refractivity contribution in [1.29, 1.82) is 0 Å². The van der Waals surface area contributed by atoms with Crippen molar-refractivity contribution in [1.82, 2.24) is 14.1 Å². The van der Waals surface area contributed by atoms with Crippen molar-refractivity contribution in [3.63, 3.8) is 0 Å². The molecule has 0 radical (unpaired) electrons. The van der Waals surface area contributed by atoms with Gasteiger partial charge in [-0.3, -0.25) is 4.98 Å². The highest BCUT2D eigenvalue weighted by Crippen LogP contribution is 2.38. The van der Waals surface area contributed by atoms with Crippen LogP contribution in [0.15, 0.2) is 237 Å². The zero-order chi connectivity index (χ0) is 41.0. The number of benzene rings is 9. The first-order valence-corrected chi connectivity index (χ1v) is 21.2. The molecule has 3 heterocycles. The lowest BCUT2D eigenvalue weighted by Gasteiger charge is -2.10. The second-order valence-electron chi connectivity index (χ2n) is 16.0. The second-order valence-corrected chi connectivity index (χ2v) is 16.0. The molecule has 12 rings (SSSR count). The van der Waals surface area contributed by atoms with Crippen LogP contribution in [0.3, 0.4) is 0 Å². The summed E-state index contributed by atoms with van der Waals surface area (Å²) in [4.78, 5) is 4.18. The lowest BCUT2D eigenvalue weighted by Crippen LogP contribution is -1.93. The van der Waals surface area contributed by atoms with Crippen LogP contribution in [0.25, 0.3) is 111 Å². The third-order valence-electron chi connectivity index (χ3n) is 12.5. The van der Waals surface area contributed by atoms with E-state index in [4.69, 9.17) is 0 Å². The predicted molar refractivity (Wildman–Crippen MR) is 260 cm³/mol. The molecule has 290 valence electrons. The van der Waals surface area contributed by atoms with E-state index < -0.39 is 0 Å². The van der Waals surface area contributed by atoms with Crippen LogP contribution in [0, 0.1) is 0 Å². The van der Waals surface area contributed by atoms with Gasteiger partial charge in [-0.05, 0) is 128 Å². The molecule has 9 aromatic carbocycles. The van der Waals surface area contributed by atoms with Gasteiger partial charge in [0, 0.05) is 45.3 Å². The Hall–Kier alpha value is -8.27.